The molecule has 1 N–H and O–H groups in total. The predicted molar refractivity (Wildman–Crippen MR) is 75.5 cm³/mol. The fraction of sp³-hybridized carbons (Fsp3) is 0.385. The minimum Gasteiger partial charge on any atom is -0.314 e. The molecule has 0 radical (unpaired) electrons. The zero-order valence-corrected chi connectivity index (χ0v) is 11.8. The van der Waals surface area contributed by atoms with E-state index in [0.717, 1.165) is 11.3 Å². The van der Waals surface area contributed by atoms with Crippen molar-refractivity contribution in [3.05, 3.63) is 42.5 Å². The maximum absolute atomic E-state index is 12.0. The summed E-state index contributed by atoms with van der Waals surface area (Å²) in [6.45, 7) is 1.08. The average Bonchev–Trinajstić information content (AvgIpc) is 2.96. The second-order valence-corrected chi connectivity index (χ2v) is 7.31. The number of hydrogen-bond donors (Lipinski definition) is 1. The molecule has 6 nitrogen and oxygen atoms in total. The summed E-state index contributed by atoms with van der Waals surface area (Å²) in [7, 11) is -2.99. The molecule has 7 heteroatoms. The second kappa shape index (κ2) is 5.34. The number of aromatic nitrogens is 3. The van der Waals surface area contributed by atoms with Crippen molar-refractivity contribution in [2.45, 2.75) is 11.7 Å². The molecular formula is C13H16N4O2S. The first kappa shape index (κ1) is 13.3. The molecule has 0 aliphatic carbocycles. The molecule has 106 valence electrons. The first-order valence-electron chi connectivity index (χ1n) is 6.51. The number of nitrogens with zero attached hydrogens (tertiary/aromatic N) is 3. The Morgan fingerprint density at radius 2 is 2.30 bits per heavy atom. The summed E-state index contributed by atoms with van der Waals surface area (Å²) in [6.07, 6.45) is 3.62. The van der Waals surface area contributed by atoms with Gasteiger partial charge in [-0.2, -0.15) is 5.10 Å². The molecule has 0 bridgehead atoms. The van der Waals surface area contributed by atoms with Gasteiger partial charge in [-0.25, -0.2) is 18.1 Å². The highest BCUT2D eigenvalue weighted by Crippen LogP contribution is 2.16. The highest BCUT2D eigenvalue weighted by atomic mass is 32.2. The minimum atomic E-state index is -2.99. The largest absolute Gasteiger partial charge is 0.314 e. The summed E-state index contributed by atoms with van der Waals surface area (Å²) in [5, 5.41) is 6.88. The van der Waals surface area contributed by atoms with Gasteiger partial charge in [-0.05, 0) is 24.1 Å². The molecule has 2 aromatic rings. The van der Waals surface area contributed by atoms with Gasteiger partial charge in [0.15, 0.2) is 9.84 Å². The van der Waals surface area contributed by atoms with E-state index in [9.17, 15) is 8.42 Å². The quantitative estimate of drug-likeness (QED) is 0.874. The van der Waals surface area contributed by atoms with E-state index in [0.29, 0.717) is 19.5 Å². The lowest BCUT2D eigenvalue weighted by Crippen LogP contribution is -2.44. The van der Waals surface area contributed by atoms with Crippen LogP contribution in [-0.2, 0) is 16.3 Å². The van der Waals surface area contributed by atoms with Gasteiger partial charge in [0.1, 0.15) is 12.7 Å². The number of nitrogens with one attached hydrogen (secondary N) is 1. The molecule has 1 aliphatic rings. The fourth-order valence-corrected chi connectivity index (χ4v) is 3.98. The minimum absolute atomic E-state index is 0.223. The number of sulfone groups is 1. The fourth-order valence-electron chi connectivity index (χ4n) is 2.40. The Morgan fingerprint density at radius 1 is 1.40 bits per heavy atom. The van der Waals surface area contributed by atoms with Crippen molar-refractivity contribution in [3.8, 4) is 5.69 Å². The monoisotopic (exact) mass is 292 g/mol. The maximum atomic E-state index is 12.0. The number of hydrogen-bond acceptors (Lipinski definition) is 5. The Morgan fingerprint density at radius 3 is 3.05 bits per heavy atom. The summed E-state index contributed by atoms with van der Waals surface area (Å²) in [4.78, 5) is 3.91. The molecule has 3 rings (SSSR count). The molecule has 1 saturated heterocycles. The van der Waals surface area contributed by atoms with Crippen LogP contribution in [0.1, 0.15) is 5.56 Å². The highest BCUT2D eigenvalue weighted by Gasteiger charge is 2.28. The Hall–Kier alpha value is -1.73. The molecule has 1 atom stereocenters. The summed E-state index contributed by atoms with van der Waals surface area (Å²) in [5.74, 6) is 0.223. The van der Waals surface area contributed by atoms with Crippen LogP contribution in [0.4, 0.5) is 0 Å². The average molecular weight is 292 g/mol. The van der Waals surface area contributed by atoms with E-state index < -0.39 is 9.84 Å². The van der Waals surface area contributed by atoms with Crippen LogP contribution in [0.3, 0.4) is 0 Å². The Kier molecular flexibility index (Phi) is 3.54. The second-order valence-electron chi connectivity index (χ2n) is 4.91. The van der Waals surface area contributed by atoms with Gasteiger partial charge in [0.25, 0.3) is 0 Å². The summed E-state index contributed by atoms with van der Waals surface area (Å²) < 4.78 is 25.7. The highest BCUT2D eigenvalue weighted by molar-refractivity contribution is 7.92. The molecule has 0 spiro atoms. The number of benzene rings is 1. The van der Waals surface area contributed by atoms with Gasteiger partial charge in [0.05, 0.1) is 16.7 Å². The van der Waals surface area contributed by atoms with E-state index >= 15 is 0 Å². The first-order chi connectivity index (χ1) is 9.65. The third-order valence-corrected chi connectivity index (χ3v) is 5.62. The Labute approximate surface area is 117 Å². The van der Waals surface area contributed by atoms with E-state index in [1.807, 2.05) is 24.3 Å². The third-order valence-electron chi connectivity index (χ3n) is 3.50. The molecule has 0 saturated carbocycles. The topological polar surface area (TPSA) is 76.9 Å². The van der Waals surface area contributed by atoms with E-state index in [-0.39, 0.29) is 11.0 Å². The van der Waals surface area contributed by atoms with Gasteiger partial charge in [0.2, 0.25) is 0 Å². The molecule has 2 heterocycles. The smallest absolute Gasteiger partial charge is 0.155 e. The normalized spacial score (nSPS) is 21.7. The van der Waals surface area contributed by atoms with Crippen molar-refractivity contribution < 1.29 is 8.42 Å². The van der Waals surface area contributed by atoms with Crippen molar-refractivity contribution in [2.75, 3.05) is 18.8 Å². The van der Waals surface area contributed by atoms with Crippen molar-refractivity contribution in [1.29, 1.82) is 0 Å². The molecule has 1 fully saturated rings. The van der Waals surface area contributed by atoms with Crippen molar-refractivity contribution in [1.82, 2.24) is 20.1 Å². The van der Waals surface area contributed by atoms with Crippen LogP contribution in [-0.4, -0.2) is 47.3 Å². The van der Waals surface area contributed by atoms with Gasteiger partial charge < -0.3 is 5.32 Å². The summed E-state index contributed by atoms with van der Waals surface area (Å²) in [6, 6.07) is 7.74. The van der Waals surface area contributed by atoms with Crippen LogP contribution in [0.25, 0.3) is 5.69 Å². The Bertz CT molecular complexity index is 682. The van der Waals surface area contributed by atoms with E-state index in [1.54, 1.807) is 11.0 Å². The van der Waals surface area contributed by atoms with E-state index in [2.05, 4.69) is 15.4 Å². The van der Waals surface area contributed by atoms with Crippen molar-refractivity contribution >= 4 is 9.84 Å². The van der Waals surface area contributed by atoms with Gasteiger partial charge >= 0.3 is 0 Å². The van der Waals surface area contributed by atoms with Crippen molar-refractivity contribution in [2.24, 2.45) is 0 Å². The molecule has 1 aromatic carbocycles. The van der Waals surface area contributed by atoms with Crippen LogP contribution in [0.15, 0.2) is 36.9 Å². The summed E-state index contributed by atoms with van der Waals surface area (Å²) in [5.41, 5.74) is 1.89. The molecule has 0 amide bonds. The first-order valence-corrected chi connectivity index (χ1v) is 8.23. The summed E-state index contributed by atoms with van der Waals surface area (Å²) >= 11 is 0. The van der Waals surface area contributed by atoms with Gasteiger partial charge in [-0.15, -0.1) is 0 Å². The SMILES string of the molecule is O=S1(=O)CCNCC1Cc1cccc(-n2cncn2)c1. The molecule has 1 unspecified atom stereocenters. The molecular weight excluding hydrogens is 276 g/mol. The lowest BCUT2D eigenvalue weighted by molar-refractivity contribution is 0.544. The third kappa shape index (κ3) is 2.73. The van der Waals surface area contributed by atoms with Crippen LogP contribution in [0.5, 0.6) is 0 Å². The van der Waals surface area contributed by atoms with E-state index in [4.69, 9.17) is 0 Å². The van der Waals surface area contributed by atoms with Crippen LogP contribution in [0, 0.1) is 0 Å². The molecule has 1 aromatic heterocycles. The lowest BCUT2D eigenvalue weighted by atomic mass is 10.1. The molecule has 20 heavy (non-hydrogen) atoms. The van der Waals surface area contributed by atoms with Gasteiger partial charge in [-0.1, -0.05) is 12.1 Å². The lowest BCUT2D eigenvalue weighted by Gasteiger charge is -2.23. The zero-order chi connectivity index (χ0) is 14.0. The van der Waals surface area contributed by atoms with E-state index in [1.165, 1.54) is 6.33 Å². The van der Waals surface area contributed by atoms with Gasteiger partial charge in [0, 0.05) is 13.1 Å². The Balaban J connectivity index is 1.83. The zero-order valence-electron chi connectivity index (χ0n) is 10.9. The maximum Gasteiger partial charge on any atom is 0.155 e. The predicted octanol–water partition coefficient (Wildman–Crippen LogP) is 0.196. The standard InChI is InChI=1S/C13H16N4O2S/c18-20(19)5-4-14-8-13(20)7-11-2-1-3-12(6-11)17-10-15-9-16-17/h1-3,6,9-10,13-14H,4-5,7-8H2. The van der Waals surface area contributed by atoms with Crippen molar-refractivity contribution in [3.63, 3.8) is 0 Å². The van der Waals surface area contributed by atoms with Crippen LogP contribution in [0.2, 0.25) is 0 Å². The number of rotatable bonds is 3. The van der Waals surface area contributed by atoms with Gasteiger partial charge in [-0.3, -0.25) is 0 Å². The van der Waals surface area contributed by atoms with Crippen LogP contribution < -0.4 is 5.32 Å². The molecule has 1 aliphatic heterocycles. The van der Waals surface area contributed by atoms with Crippen LogP contribution >= 0.6 is 0 Å².